The maximum atomic E-state index is 12.3. The van der Waals surface area contributed by atoms with Crippen molar-refractivity contribution >= 4 is 5.96 Å². The number of ether oxygens (including phenoxy) is 2. The average Bonchev–Trinajstić information content (AvgIpc) is 2.49. The number of rotatable bonds is 7. The van der Waals surface area contributed by atoms with Gasteiger partial charge in [-0.3, -0.25) is 4.99 Å². The fourth-order valence-corrected chi connectivity index (χ4v) is 1.77. The highest BCUT2D eigenvalue weighted by Gasteiger charge is 2.28. The number of alkyl halides is 3. The molecule has 0 saturated carbocycles. The zero-order chi connectivity index (χ0) is 17.3. The first kappa shape index (κ1) is 19.1. The van der Waals surface area contributed by atoms with Gasteiger partial charge in [0, 0.05) is 32.8 Å². The first-order chi connectivity index (χ1) is 10.9. The van der Waals surface area contributed by atoms with E-state index in [1.807, 2.05) is 6.07 Å². The summed E-state index contributed by atoms with van der Waals surface area (Å²) in [4.78, 5) is 4.03. The van der Waals surface area contributed by atoms with Gasteiger partial charge in [-0.05, 0) is 18.6 Å². The van der Waals surface area contributed by atoms with Gasteiger partial charge in [-0.2, -0.15) is 13.2 Å². The molecule has 0 aliphatic carbocycles. The molecule has 1 aromatic rings. The molecule has 0 aromatic heterocycles. The predicted molar refractivity (Wildman–Crippen MR) is 82.8 cm³/mol. The first-order valence-electron chi connectivity index (χ1n) is 7.08. The topological polar surface area (TPSA) is 54.9 Å². The lowest BCUT2D eigenvalue weighted by Gasteiger charge is -2.16. The van der Waals surface area contributed by atoms with Crippen molar-refractivity contribution in [2.24, 2.45) is 4.99 Å². The molecule has 2 N–H and O–H groups in total. The van der Waals surface area contributed by atoms with Gasteiger partial charge >= 0.3 is 6.18 Å². The van der Waals surface area contributed by atoms with Crippen LogP contribution in [0.25, 0.3) is 0 Å². The molecule has 0 spiro atoms. The Morgan fingerprint density at radius 1 is 1.26 bits per heavy atom. The Morgan fingerprint density at radius 3 is 2.61 bits per heavy atom. The van der Waals surface area contributed by atoms with Crippen molar-refractivity contribution in [1.82, 2.24) is 10.6 Å². The molecule has 0 amide bonds. The van der Waals surface area contributed by atoms with Crippen molar-refractivity contribution in [3.05, 3.63) is 29.3 Å². The summed E-state index contributed by atoms with van der Waals surface area (Å²) in [5.74, 6) is 0.742. The zero-order valence-corrected chi connectivity index (χ0v) is 13.5. The number of nitrogens with zero attached hydrogens (tertiary/aromatic N) is 1. The minimum absolute atomic E-state index is 0.210. The lowest BCUT2D eigenvalue weighted by Crippen LogP contribution is -2.38. The number of aliphatic imine (C=N–C) groups is 1. The van der Waals surface area contributed by atoms with E-state index in [-0.39, 0.29) is 5.75 Å². The molecule has 8 heteroatoms. The highest BCUT2D eigenvalue weighted by molar-refractivity contribution is 5.79. The molecule has 1 aromatic carbocycles. The maximum absolute atomic E-state index is 12.3. The molecule has 0 unspecified atom stereocenters. The van der Waals surface area contributed by atoms with Crippen LogP contribution >= 0.6 is 0 Å². The normalized spacial score (nSPS) is 12.2. The predicted octanol–water partition coefficient (Wildman–Crippen LogP) is 2.25. The van der Waals surface area contributed by atoms with Gasteiger partial charge in [0.1, 0.15) is 5.75 Å². The lowest BCUT2D eigenvalue weighted by molar-refractivity contribution is -0.153. The van der Waals surface area contributed by atoms with Crippen LogP contribution in [0.3, 0.4) is 0 Å². The number of hydrogen-bond acceptors (Lipinski definition) is 3. The zero-order valence-electron chi connectivity index (χ0n) is 13.5. The van der Waals surface area contributed by atoms with E-state index in [2.05, 4.69) is 15.6 Å². The van der Waals surface area contributed by atoms with Gasteiger partial charge in [-0.25, -0.2) is 0 Å². The van der Waals surface area contributed by atoms with Gasteiger partial charge in [0.15, 0.2) is 12.6 Å². The Hall–Kier alpha value is -1.96. The van der Waals surface area contributed by atoms with Gasteiger partial charge in [0.05, 0.1) is 6.61 Å². The number of nitrogens with one attached hydrogen (secondary N) is 2. The van der Waals surface area contributed by atoms with Crippen molar-refractivity contribution in [1.29, 1.82) is 0 Å². The van der Waals surface area contributed by atoms with Crippen LogP contribution in [0.15, 0.2) is 23.2 Å². The molecule has 0 fully saturated rings. The molecule has 130 valence electrons. The van der Waals surface area contributed by atoms with Crippen LogP contribution in [0.1, 0.15) is 11.1 Å². The van der Waals surface area contributed by atoms with E-state index in [4.69, 9.17) is 9.47 Å². The van der Waals surface area contributed by atoms with Gasteiger partial charge in [0.2, 0.25) is 0 Å². The summed E-state index contributed by atoms with van der Waals surface area (Å²) in [6, 6.07) is 5.14. The number of aryl methyl sites for hydroxylation is 1. The van der Waals surface area contributed by atoms with Crippen molar-refractivity contribution in [2.45, 2.75) is 19.6 Å². The quantitative estimate of drug-likeness (QED) is 0.456. The Kier molecular flexibility index (Phi) is 7.67. The highest BCUT2D eigenvalue weighted by Crippen LogP contribution is 2.23. The summed E-state index contributed by atoms with van der Waals surface area (Å²) in [6.45, 7) is 1.86. The highest BCUT2D eigenvalue weighted by atomic mass is 19.4. The minimum atomic E-state index is -4.37. The molecular formula is C15H22F3N3O2. The molecule has 5 nitrogen and oxygen atoms in total. The standard InChI is InChI=1S/C15H22F3N3O2/c1-11-4-5-12(13(8-11)23-10-15(16,17)18)9-21-14(19-2)20-6-7-22-3/h4-5,8H,6-7,9-10H2,1-3H3,(H2,19,20,21). The Morgan fingerprint density at radius 2 is 2.00 bits per heavy atom. The maximum Gasteiger partial charge on any atom is 0.422 e. The summed E-state index contributed by atoms with van der Waals surface area (Å²) < 4.78 is 46.8. The molecule has 0 saturated heterocycles. The SMILES string of the molecule is CN=C(NCCOC)NCc1ccc(C)cc1OCC(F)(F)F. The third-order valence-corrected chi connectivity index (χ3v) is 2.88. The second kappa shape index (κ2) is 9.24. The Labute approximate surface area is 133 Å². The van der Waals surface area contributed by atoms with Crippen LogP contribution in [0.4, 0.5) is 13.2 Å². The molecule has 0 aliphatic heterocycles. The molecule has 0 aliphatic rings. The summed E-state index contributed by atoms with van der Waals surface area (Å²) in [5, 5.41) is 6.04. The summed E-state index contributed by atoms with van der Waals surface area (Å²) >= 11 is 0. The van der Waals surface area contributed by atoms with Gasteiger partial charge in [-0.15, -0.1) is 0 Å². The molecular weight excluding hydrogens is 311 g/mol. The van der Waals surface area contributed by atoms with Gasteiger partial charge in [0.25, 0.3) is 0 Å². The molecule has 23 heavy (non-hydrogen) atoms. The van der Waals surface area contributed by atoms with Crippen molar-refractivity contribution in [3.8, 4) is 5.75 Å². The van der Waals surface area contributed by atoms with E-state index < -0.39 is 12.8 Å². The summed E-state index contributed by atoms with van der Waals surface area (Å²) in [5.41, 5.74) is 1.45. The Bertz CT molecular complexity index is 519. The van der Waals surface area contributed by atoms with Crippen LogP contribution in [-0.4, -0.2) is 46.1 Å². The third kappa shape index (κ3) is 7.73. The van der Waals surface area contributed by atoms with Crippen molar-refractivity contribution < 1.29 is 22.6 Å². The fraction of sp³-hybridized carbons (Fsp3) is 0.533. The number of guanidine groups is 1. The molecule has 1 rings (SSSR count). The van der Waals surface area contributed by atoms with Crippen LogP contribution < -0.4 is 15.4 Å². The van der Waals surface area contributed by atoms with Crippen molar-refractivity contribution in [2.75, 3.05) is 33.9 Å². The van der Waals surface area contributed by atoms with Crippen LogP contribution in [0.2, 0.25) is 0 Å². The summed E-state index contributed by atoms with van der Waals surface area (Å²) in [7, 11) is 3.20. The van der Waals surface area contributed by atoms with Gasteiger partial charge in [-0.1, -0.05) is 12.1 Å². The minimum Gasteiger partial charge on any atom is -0.484 e. The van der Waals surface area contributed by atoms with E-state index in [1.165, 1.54) is 0 Å². The molecule has 0 atom stereocenters. The lowest BCUT2D eigenvalue weighted by atomic mass is 10.1. The van der Waals surface area contributed by atoms with Crippen LogP contribution in [0.5, 0.6) is 5.75 Å². The Balaban J connectivity index is 2.68. The first-order valence-corrected chi connectivity index (χ1v) is 7.08. The van der Waals surface area contributed by atoms with Gasteiger partial charge < -0.3 is 20.1 Å². The monoisotopic (exact) mass is 333 g/mol. The largest absolute Gasteiger partial charge is 0.484 e. The third-order valence-electron chi connectivity index (χ3n) is 2.88. The number of halogens is 3. The van der Waals surface area contributed by atoms with E-state index in [0.29, 0.717) is 31.2 Å². The smallest absolute Gasteiger partial charge is 0.422 e. The molecule has 0 bridgehead atoms. The van der Waals surface area contributed by atoms with Crippen LogP contribution in [0, 0.1) is 6.92 Å². The van der Waals surface area contributed by atoms with E-state index in [1.54, 1.807) is 33.2 Å². The number of hydrogen-bond donors (Lipinski definition) is 2. The van der Waals surface area contributed by atoms with E-state index in [9.17, 15) is 13.2 Å². The number of methoxy groups -OCH3 is 1. The fourth-order valence-electron chi connectivity index (χ4n) is 1.77. The second-order valence-electron chi connectivity index (χ2n) is 4.86. The second-order valence-corrected chi connectivity index (χ2v) is 4.86. The van der Waals surface area contributed by atoms with Crippen molar-refractivity contribution in [3.63, 3.8) is 0 Å². The summed E-state index contributed by atoms with van der Waals surface area (Å²) in [6.07, 6.45) is -4.37. The number of benzene rings is 1. The molecule has 0 heterocycles. The van der Waals surface area contributed by atoms with E-state index >= 15 is 0 Å². The average molecular weight is 333 g/mol. The molecule has 0 radical (unpaired) electrons. The van der Waals surface area contributed by atoms with Crippen LogP contribution in [-0.2, 0) is 11.3 Å². The van der Waals surface area contributed by atoms with E-state index in [0.717, 1.165) is 5.56 Å².